The molecule has 0 bridgehead atoms. The summed E-state index contributed by atoms with van der Waals surface area (Å²) in [7, 11) is 0. The number of pyridine rings is 1. The van der Waals surface area contributed by atoms with Gasteiger partial charge in [0.1, 0.15) is 5.65 Å². The fraction of sp³-hybridized carbons (Fsp3) is 0. The van der Waals surface area contributed by atoms with Gasteiger partial charge in [-0.15, -0.1) is 0 Å². The van der Waals surface area contributed by atoms with Crippen LogP contribution in [0.5, 0.6) is 0 Å². The van der Waals surface area contributed by atoms with Crippen molar-refractivity contribution in [3.63, 3.8) is 0 Å². The molecule has 1 N–H and O–H groups in total. The number of aromatic nitrogens is 2. The minimum Gasteiger partial charge on any atom is -0.478 e. The highest BCUT2D eigenvalue weighted by molar-refractivity contribution is 5.88. The van der Waals surface area contributed by atoms with Crippen molar-refractivity contribution in [3.8, 4) is 11.3 Å². The molecule has 0 saturated heterocycles. The van der Waals surface area contributed by atoms with E-state index in [-0.39, 0.29) is 5.56 Å². The van der Waals surface area contributed by atoms with Crippen LogP contribution in [-0.4, -0.2) is 20.5 Å². The largest absolute Gasteiger partial charge is 0.478 e. The zero-order valence-corrected chi connectivity index (χ0v) is 10.0. The van der Waals surface area contributed by atoms with Crippen LogP contribution in [-0.2, 0) is 0 Å². The van der Waals surface area contributed by atoms with Crippen molar-refractivity contribution < 1.29 is 18.7 Å². The van der Waals surface area contributed by atoms with Crippen molar-refractivity contribution in [2.24, 2.45) is 0 Å². The number of fused-ring (bicyclic) bond motifs is 1. The lowest BCUT2D eigenvalue weighted by Crippen LogP contribution is -1.96. The Bertz CT molecular complexity index is 827. The highest BCUT2D eigenvalue weighted by Gasteiger charge is 2.10. The maximum Gasteiger partial charge on any atom is 0.335 e. The number of aromatic carboxylic acids is 1. The van der Waals surface area contributed by atoms with Crippen molar-refractivity contribution in [1.29, 1.82) is 0 Å². The Balaban J connectivity index is 2.12. The topological polar surface area (TPSA) is 54.6 Å². The van der Waals surface area contributed by atoms with Gasteiger partial charge in [-0.3, -0.25) is 0 Å². The number of carboxylic acid groups (broad SMARTS) is 1. The molecule has 0 aliphatic carbocycles. The summed E-state index contributed by atoms with van der Waals surface area (Å²) in [6.45, 7) is 0. The minimum atomic E-state index is -1.05. The Morgan fingerprint density at radius 1 is 1.15 bits per heavy atom. The molecule has 0 aliphatic heterocycles. The van der Waals surface area contributed by atoms with Crippen LogP contribution < -0.4 is 0 Å². The average molecular weight is 274 g/mol. The van der Waals surface area contributed by atoms with Crippen LogP contribution in [0, 0.1) is 11.6 Å². The molecule has 0 amide bonds. The fourth-order valence-corrected chi connectivity index (χ4v) is 1.91. The van der Waals surface area contributed by atoms with Gasteiger partial charge >= 0.3 is 5.97 Å². The maximum atomic E-state index is 13.2. The van der Waals surface area contributed by atoms with Crippen LogP contribution in [0.15, 0.2) is 42.7 Å². The van der Waals surface area contributed by atoms with E-state index < -0.39 is 17.6 Å². The number of carbonyl (C=O) groups is 1. The van der Waals surface area contributed by atoms with Crippen LogP contribution in [0.4, 0.5) is 8.78 Å². The Morgan fingerprint density at radius 2 is 1.95 bits per heavy atom. The molecule has 3 rings (SSSR count). The van der Waals surface area contributed by atoms with Crippen molar-refractivity contribution in [3.05, 3.63) is 59.9 Å². The molecule has 20 heavy (non-hydrogen) atoms. The third-order valence-electron chi connectivity index (χ3n) is 2.92. The number of hydrogen-bond donors (Lipinski definition) is 1. The molecule has 2 heterocycles. The summed E-state index contributed by atoms with van der Waals surface area (Å²) in [5.41, 5.74) is 1.39. The summed E-state index contributed by atoms with van der Waals surface area (Å²) in [4.78, 5) is 15.1. The first-order valence-electron chi connectivity index (χ1n) is 5.72. The van der Waals surface area contributed by atoms with Crippen LogP contribution in [0.2, 0.25) is 0 Å². The molecular weight excluding hydrogens is 266 g/mol. The number of halogens is 2. The summed E-state index contributed by atoms with van der Waals surface area (Å²) in [6, 6.07) is 6.34. The van der Waals surface area contributed by atoms with Gasteiger partial charge in [0.25, 0.3) is 0 Å². The van der Waals surface area contributed by atoms with Gasteiger partial charge < -0.3 is 9.51 Å². The molecule has 100 valence electrons. The van der Waals surface area contributed by atoms with Crippen molar-refractivity contribution in [2.75, 3.05) is 0 Å². The molecule has 0 spiro atoms. The summed E-state index contributed by atoms with van der Waals surface area (Å²) in [5, 5.41) is 8.91. The van der Waals surface area contributed by atoms with Crippen molar-refractivity contribution >= 4 is 11.6 Å². The lowest BCUT2D eigenvalue weighted by atomic mass is 10.1. The summed E-state index contributed by atoms with van der Waals surface area (Å²) < 4.78 is 27.7. The lowest BCUT2D eigenvalue weighted by molar-refractivity contribution is 0.0697. The molecule has 4 nitrogen and oxygen atoms in total. The van der Waals surface area contributed by atoms with Gasteiger partial charge in [0.2, 0.25) is 0 Å². The predicted octanol–water partition coefficient (Wildman–Crippen LogP) is 2.98. The molecular formula is C14H8F2N2O2. The van der Waals surface area contributed by atoms with Gasteiger partial charge in [-0.1, -0.05) is 0 Å². The number of imidazole rings is 1. The van der Waals surface area contributed by atoms with Crippen molar-refractivity contribution in [2.45, 2.75) is 0 Å². The van der Waals surface area contributed by atoms with E-state index in [1.165, 1.54) is 18.2 Å². The zero-order valence-electron chi connectivity index (χ0n) is 10.0. The molecule has 0 aliphatic rings. The number of carboxylic acids is 1. The lowest BCUT2D eigenvalue weighted by Gasteiger charge is -1.96. The van der Waals surface area contributed by atoms with Crippen LogP contribution in [0.1, 0.15) is 10.4 Å². The third-order valence-corrected chi connectivity index (χ3v) is 2.92. The fourth-order valence-electron chi connectivity index (χ4n) is 1.91. The second-order valence-corrected chi connectivity index (χ2v) is 4.24. The first-order chi connectivity index (χ1) is 9.54. The molecule has 3 aromatic rings. The van der Waals surface area contributed by atoms with Gasteiger partial charge in [-0.25, -0.2) is 18.6 Å². The summed E-state index contributed by atoms with van der Waals surface area (Å²) in [6.07, 6.45) is 3.17. The first kappa shape index (κ1) is 12.3. The summed E-state index contributed by atoms with van der Waals surface area (Å²) in [5.74, 6) is -2.93. The SMILES string of the molecule is O=C(O)c1ccn2cc(-c3ccc(F)c(F)c3)nc2c1. The van der Waals surface area contributed by atoms with E-state index in [0.29, 0.717) is 16.9 Å². The van der Waals surface area contributed by atoms with E-state index in [4.69, 9.17) is 5.11 Å². The number of rotatable bonds is 2. The Morgan fingerprint density at radius 3 is 2.65 bits per heavy atom. The second kappa shape index (κ2) is 4.41. The predicted molar refractivity (Wildman–Crippen MR) is 67.5 cm³/mol. The molecule has 1 aromatic carbocycles. The van der Waals surface area contributed by atoms with E-state index in [1.54, 1.807) is 16.8 Å². The normalized spacial score (nSPS) is 10.9. The van der Waals surface area contributed by atoms with Gasteiger partial charge in [0.05, 0.1) is 11.3 Å². The van der Waals surface area contributed by atoms with Gasteiger partial charge in [0.15, 0.2) is 11.6 Å². The average Bonchev–Trinajstić information content (AvgIpc) is 2.84. The molecule has 2 aromatic heterocycles. The zero-order chi connectivity index (χ0) is 14.3. The van der Waals surface area contributed by atoms with Gasteiger partial charge in [-0.2, -0.15) is 0 Å². The molecule has 0 atom stereocenters. The molecule has 0 saturated carbocycles. The van der Waals surface area contributed by atoms with E-state index in [1.807, 2.05) is 0 Å². The number of nitrogens with zero attached hydrogens (tertiary/aromatic N) is 2. The van der Waals surface area contributed by atoms with E-state index in [9.17, 15) is 13.6 Å². The monoisotopic (exact) mass is 274 g/mol. The maximum absolute atomic E-state index is 13.2. The molecule has 0 fully saturated rings. The minimum absolute atomic E-state index is 0.111. The Kier molecular flexibility index (Phi) is 2.71. The standard InChI is InChI=1S/C14H8F2N2O2/c15-10-2-1-8(5-11(10)16)12-7-18-4-3-9(14(19)20)6-13(18)17-12/h1-7H,(H,19,20). The van der Waals surface area contributed by atoms with Crippen LogP contribution in [0.25, 0.3) is 16.9 Å². The highest BCUT2D eigenvalue weighted by Crippen LogP contribution is 2.21. The second-order valence-electron chi connectivity index (χ2n) is 4.24. The number of hydrogen-bond acceptors (Lipinski definition) is 2. The molecule has 0 unspecified atom stereocenters. The van der Waals surface area contributed by atoms with Gasteiger partial charge in [0, 0.05) is 18.0 Å². The Hall–Kier alpha value is -2.76. The van der Waals surface area contributed by atoms with E-state index in [0.717, 1.165) is 12.1 Å². The van der Waals surface area contributed by atoms with Crippen LogP contribution in [0.3, 0.4) is 0 Å². The van der Waals surface area contributed by atoms with E-state index in [2.05, 4.69) is 4.98 Å². The smallest absolute Gasteiger partial charge is 0.335 e. The van der Waals surface area contributed by atoms with Crippen LogP contribution >= 0.6 is 0 Å². The van der Waals surface area contributed by atoms with Crippen molar-refractivity contribution in [1.82, 2.24) is 9.38 Å². The number of benzene rings is 1. The summed E-state index contributed by atoms with van der Waals surface area (Å²) >= 11 is 0. The molecule has 0 radical (unpaired) electrons. The van der Waals surface area contributed by atoms with Gasteiger partial charge in [-0.05, 0) is 30.3 Å². The molecule has 6 heteroatoms. The highest BCUT2D eigenvalue weighted by atomic mass is 19.2. The first-order valence-corrected chi connectivity index (χ1v) is 5.72. The quantitative estimate of drug-likeness (QED) is 0.781. The van der Waals surface area contributed by atoms with E-state index >= 15 is 0 Å². The third kappa shape index (κ3) is 2.01. The Labute approximate surface area is 111 Å².